The predicted octanol–water partition coefficient (Wildman–Crippen LogP) is 3.63. The molecule has 40 heavy (non-hydrogen) atoms. The number of hydrogen-bond acceptors (Lipinski definition) is 9. The highest BCUT2D eigenvalue weighted by Gasteiger charge is 2.40. The van der Waals surface area contributed by atoms with E-state index in [0.717, 1.165) is 0 Å². The summed E-state index contributed by atoms with van der Waals surface area (Å²) in [5.74, 6) is -0.928. The number of nitrogens with zero attached hydrogens (tertiary/aromatic N) is 4. The molecule has 5 rings (SSSR count). The molecule has 0 bridgehead atoms. The van der Waals surface area contributed by atoms with Gasteiger partial charge in [0.15, 0.2) is 11.4 Å². The lowest BCUT2D eigenvalue weighted by molar-refractivity contribution is -0.0250. The van der Waals surface area contributed by atoms with Gasteiger partial charge in [-0.05, 0) is 69.2 Å². The second-order valence-corrected chi connectivity index (χ2v) is 10.3. The van der Waals surface area contributed by atoms with Crippen LogP contribution in [0.4, 0.5) is 5.82 Å². The molecule has 3 aromatic heterocycles. The standard InChI is InChI=1S/C29H31N5O6/c1-15-10-19(11-20(28(37)38)24(15)40-3)22-5-4-18(12-31-22)21-13-32-34-26(30)23(16(2)36)25(33-27(21)34)29(39)8-6-17(14-35)7-9-29/h4-5,10-13,17,35,39H,6-9,14,30H2,1-3H3,(H,37,38). The Labute approximate surface area is 230 Å². The van der Waals surface area contributed by atoms with Gasteiger partial charge < -0.3 is 25.8 Å². The molecular formula is C29H31N5O6. The number of aliphatic hydroxyl groups excluding tert-OH is 1. The first kappa shape index (κ1) is 27.2. The highest BCUT2D eigenvalue weighted by molar-refractivity contribution is 6.00. The molecule has 1 saturated carbocycles. The minimum absolute atomic E-state index is 0.0467. The van der Waals surface area contributed by atoms with E-state index in [4.69, 9.17) is 15.5 Å². The van der Waals surface area contributed by atoms with Gasteiger partial charge in [0.1, 0.15) is 22.7 Å². The number of carboxylic acid groups (broad SMARTS) is 1. The second kappa shape index (κ2) is 10.3. The molecule has 1 aliphatic carbocycles. The minimum Gasteiger partial charge on any atom is -0.496 e. The van der Waals surface area contributed by atoms with Crippen molar-refractivity contribution in [2.75, 3.05) is 19.5 Å². The van der Waals surface area contributed by atoms with Crippen LogP contribution in [0.5, 0.6) is 5.75 Å². The van der Waals surface area contributed by atoms with Crippen LogP contribution >= 0.6 is 0 Å². The number of carboxylic acids is 1. The molecule has 0 radical (unpaired) electrons. The Morgan fingerprint density at radius 3 is 2.48 bits per heavy atom. The molecule has 0 amide bonds. The van der Waals surface area contributed by atoms with E-state index in [0.29, 0.717) is 65.0 Å². The van der Waals surface area contributed by atoms with Crippen LogP contribution in [0.2, 0.25) is 0 Å². The van der Waals surface area contributed by atoms with Crippen molar-refractivity contribution in [3.05, 3.63) is 59.0 Å². The van der Waals surface area contributed by atoms with Gasteiger partial charge in [-0.25, -0.2) is 9.78 Å². The van der Waals surface area contributed by atoms with E-state index in [1.165, 1.54) is 24.6 Å². The number of aromatic nitrogens is 4. The van der Waals surface area contributed by atoms with Crippen LogP contribution in [-0.2, 0) is 5.60 Å². The van der Waals surface area contributed by atoms with Gasteiger partial charge >= 0.3 is 5.97 Å². The maximum atomic E-state index is 12.6. The zero-order chi connectivity index (χ0) is 28.8. The number of nitrogens with two attached hydrogens (primary N) is 1. The van der Waals surface area contributed by atoms with Crippen LogP contribution in [0, 0.1) is 12.8 Å². The van der Waals surface area contributed by atoms with Gasteiger partial charge in [0.2, 0.25) is 0 Å². The fraction of sp³-hybridized carbons (Fsp3) is 0.345. The third-order valence-corrected chi connectivity index (χ3v) is 7.75. The molecule has 0 saturated heterocycles. The molecule has 4 aromatic rings. The Hall–Kier alpha value is -4.35. The number of rotatable bonds is 7. The molecule has 0 aliphatic heterocycles. The molecule has 11 nitrogen and oxygen atoms in total. The van der Waals surface area contributed by atoms with Crippen molar-refractivity contribution in [1.82, 2.24) is 19.6 Å². The number of aryl methyl sites for hydroxylation is 1. The number of carbonyl (C=O) groups excluding carboxylic acids is 1. The van der Waals surface area contributed by atoms with Crippen molar-refractivity contribution in [3.63, 3.8) is 0 Å². The first-order chi connectivity index (χ1) is 19.1. The molecule has 5 N–H and O–H groups in total. The summed E-state index contributed by atoms with van der Waals surface area (Å²) in [5.41, 5.74) is 8.99. The SMILES string of the molecule is COc1c(C)cc(-c2ccc(-c3cnn4c(N)c(C(C)=O)c(C5(O)CCC(CO)CC5)nc34)cn2)cc1C(=O)O. The van der Waals surface area contributed by atoms with Gasteiger partial charge in [-0.1, -0.05) is 6.07 Å². The Balaban J connectivity index is 1.58. The summed E-state index contributed by atoms with van der Waals surface area (Å²) in [6.45, 7) is 3.21. The average molecular weight is 546 g/mol. The predicted molar refractivity (Wildman–Crippen MR) is 147 cm³/mol. The van der Waals surface area contributed by atoms with Crippen LogP contribution in [0.3, 0.4) is 0 Å². The summed E-state index contributed by atoms with van der Waals surface area (Å²) in [6.07, 6.45) is 5.10. The molecule has 0 unspecified atom stereocenters. The van der Waals surface area contributed by atoms with Crippen molar-refractivity contribution in [1.29, 1.82) is 0 Å². The van der Waals surface area contributed by atoms with Crippen LogP contribution in [-0.4, -0.2) is 60.4 Å². The smallest absolute Gasteiger partial charge is 0.339 e. The number of nitrogen functional groups attached to an aromatic ring is 1. The molecule has 11 heteroatoms. The van der Waals surface area contributed by atoms with Gasteiger partial charge in [0, 0.05) is 29.5 Å². The van der Waals surface area contributed by atoms with E-state index in [2.05, 4.69) is 10.1 Å². The molecule has 208 valence electrons. The Morgan fingerprint density at radius 1 is 1.18 bits per heavy atom. The Kier molecular flexibility index (Phi) is 7.03. The summed E-state index contributed by atoms with van der Waals surface area (Å²) in [7, 11) is 1.43. The highest BCUT2D eigenvalue weighted by atomic mass is 16.5. The van der Waals surface area contributed by atoms with E-state index in [1.54, 1.807) is 25.4 Å². The zero-order valence-corrected chi connectivity index (χ0v) is 22.5. The number of aliphatic hydroxyl groups is 2. The third-order valence-electron chi connectivity index (χ3n) is 7.75. The Bertz CT molecular complexity index is 1620. The maximum Gasteiger partial charge on any atom is 0.339 e. The van der Waals surface area contributed by atoms with Gasteiger partial charge in [0.05, 0.1) is 30.3 Å². The first-order valence-electron chi connectivity index (χ1n) is 13.0. The van der Waals surface area contributed by atoms with E-state index in [9.17, 15) is 24.9 Å². The van der Waals surface area contributed by atoms with Crippen LogP contribution in [0.1, 0.15) is 64.6 Å². The highest BCUT2D eigenvalue weighted by Crippen LogP contribution is 2.42. The van der Waals surface area contributed by atoms with Crippen molar-refractivity contribution in [2.45, 2.75) is 45.1 Å². The van der Waals surface area contributed by atoms with E-state index >= 15 is 0 Å². The van der Waals surface area contributed by atoms with Crippen molar-refractivity contribution in [3.8, 4) is 28.1 Å². The fourth-order valence-corrected chi connectivity index (χ4v) is 5.55. The minimum atomic E-state index is -1.36. The van der Waals surface area contributed by atoms with Crippen LogP contribution in [0.25, 0.3) is 28.0 Å². The van der Waals surface area contributed by atoms with E-state index in [1.807, 2.05) is 12.1 Å². The van der Waals surface area contributed by atoms with Gasteiger partial charge in [0.25, 0.3) is 0 Å². The summed E-state index contributed by atoms with van der Waals surface area (Å²) in [5, 5.41) is 35.1. The van der Waals surface area contributed by atoms with Crippen LogP contribution < -0.4 is 10.5 Å². The number of ether oxygens (including phenoxy) is 1. The number of benzene rings is 1. The average Bonchev–Trinajstić information content (AvgIpc) is 3.37. The third kappa shape index (κ3) is 4.56. The number of carbonyl (C=O) groups is 2. The molecule has 0 atom stereocenters. The van der Waals surface area contributed by atoms with Gasteiger partial charge in [-0.2, -0.15) is 9.61 Å². The quantitative estimate of drug-likeness (QED) is 0.251. The number of pyridine rings is 1. The molecule has 3 heterocycles. The number of ketones is 1. The zero-order valence-electron chi connectivity index (χ0n) is 22.5. The topological polar surface area (TPSA) is 173 Å². The van der Waals surface area contributed by atoms with E-state index < -0.39 is 11.6 Å². The normalized spacial score (nSPS) is 19.1. The summed E-state index contributed by atoms with van der Waals surface area (Å²) >= 11 is 0. The molecular weight excluding hydrogens is 514 g/mol. The fourth-order valence-electron chi connectivity index (χ4n) is 5.55. The summed E-state index contributed by atoms with van der Waals surface area (Å²) in [6, 6.07) is 6.92. The lowest BCUT2D eigenvalue weighted by Gasteiger charge is -2.36. The number of Topliss-reactive ketones (excluding diaryl/α,β-unsaturated/α-hetero) is 1. The van der Waals surface area contributed by atoms with Crippen molar-refractivity contribution in [2.24, 2.45) is 5.92 Å². The summed E-state index contributed by atoms with van der Waals surface area (Å²) < 4.78 is 6.65. The maximum absolute atomic E-state index is 12.6. The largest absolute Gasteiger partial charge is 0.496 e. The van der Waals surface area contributed by atoms with Crippen molar-refractivity contribution >= 4 is 23.2 Å². The lowest BCUT2D eigenvalue weighted by atomic mass is 9.76. The number of methoxy groups -OCH3 is 1. The molecule has 1 aliphatic rings. The molecule has 1 aromatic carbocycles. The molecule has 0 spiro atoms. The van der Waals surface area contributed by atoms with E-state index in [-0.39, 0.29) is 40.9 Å². The number of aromatic carboxylic acids is 1. The number of fused-ring (bicyclic) bond motifs is 1. The van der Waals surface area contributed by atoms with Crippen molar-refractivity contribution < 1.29 is 29.6 Å². The first-order valence-corrected chi connectivity index (χ1v) is 13.0. The van der Waals surface area contributed by atoms with Gasteiger partial charge in [-0.15, -0.1) is 0 Å². The molecule has 1 fully saturated rings. The number of anilines is 1. The van der Waals surface area contributed by atoms with Crippen LogP contribution in [0.15, 0.2) is 36.7 Å². The second-order valence-electron chi connectivity index (χ2n) is 10.3. The Morgan fingerprint density at radius 2 is 1.90 bits per heavy atom. The lowest BCUT2D eigenvalue weighted by Crippen LogP contribution is -2.35. The van der Waals surface area contributed by atoms with Gasteiger partial charge in [-0.3, -0.25) is 9.78 Å². The number of hydrogen-bond donors (Lipinski definition) is 4. The summed E-state index contributed by atoms with van der Waals surface area (Å²) in [4.78, 5) is 33.7. The monoisotopic (exact) mass is 545 g/mol.